The summed E-state index contributed by atoms with van der Waals surface area (Å²) in [6.07, 6.45) is 1.89. The number of halogens is 1. The molecule has 3 rings (SSSR count). The van der Waals surface area contributed by atoms with E-state index in [1.54, 1.807) is 0 Å². The molecule has 0 fully saturated rings. The second-order valence-corrected chi connectivity index (χ2v) is 5.58. The van der Waals surface area contributed by atoms with E-state index in [1.165, 1.54) is 0 Å². The second kappa shape index (κ2) is 5.17. The Bertz CT molecular complexity index is 660. The molecule has 19 heavy (non-hydrogen) atoms. The molecule has 1 heterocycles. The number of Topliss-reactive ketones (excluding diaryl/α,β-unsaturated/α-hetero) is 1. The van der Waals surface area contributed by atoms with Gasteiger partial charge in [-0.05, 0) is 52.4 Å². The van der Waals surface area contributed by atoms with E-state index in [0.29, 0.717) is 23.5 Å². The van der Waals surface area contributed by atoms with Crippen molar-refractivity contribution in [3.63, 3.8) is 0 Å². The lowest BCUT2D eigenvalue weighted by Gasteiger charge is -2.19. The Morgan fingerprint density at radius 1 is 1.11 bits per heavy atom. The number of hydrogen-bond acceptors (Lipinski definition) is 2. The van der Waals surface area contributed by atoms with Crippen molar-refractivity contribution in [1.29, 1.82) is 0 Å². The fraction of sp³-hybridized carbons (Fsp3) is 0.0625. The van der Waals surface area contributed by atoms with Gasteiger partial charge in [-0.2, -0.15) is 0 Å². The zero-order valence-corrected chi connectivity index (χ0v) is 12.3. The maximum absolute atomic E-state index is 12.4. The molecule has 3 heteroatoms. The molecule has 2 aromatic rings. The third-order valence-electron chi connectivity index (χ3n) is 3.00. The molecule has 0 atom stereocenters. The van der Waals surface area contributed by atoms with Crippen LogP contribution in [0.25, 0.3) is 6.08 Å². The van der Waals surface area contributed by atoms with Crippen molar-refractivity contribution in [3.05, 3.63) is 68.8 Å². The SMILES string of the molecule is O=C1/C(=C/c2ccccc2)COc2ccc(I)cc21. The van der Waals surface area contributed by atoms with Crippen LogP contribution in [-0.4, -0.2) is 12.4 Å². The van der Waals surface area contributed by atoms with Gasteiger partial charge < -0.3 is 4.74 Å². The molecule has 1 aliphatic heterocycles. The van der Waals surface area contributed by atoms with Crippen LogP contribution in [-0.2, 0) is 0 Å². The highest BCUT2D eigenvalue weighted by atomic mass is 127. The number of ketones is 1. The molecule has 0 aromatic heterocycles. The quantitative estimate of drug-likeness (QED) is 0.567. The largest absolute Gasteiger partial charge is 0.488 e. The third kappa shape index (κ3) is 2.56. The second-order valence-electron chi connectivity index (χ2n) is 4.34. The van der Waals surface area contributed by atoms with E-state index < -0.39 is 0 Å². The van der Waals surface area contributed by atoms with E-state index in [9.17, 15) is 4.79 Å². The van der Waals surface area contributed by atoms with Crippen molar-refractivity contribution in [2.45, 2.75) is 0 Å². The van der Waals surface area contributed by atoms with Gasteiger partial charge in [0.15, 0.2) is 5.78 Å². The van der Waals surface area contributed by atoms with Crippen LogP contribution >= 0.6 is 22.6 Å². The fourth-order valence-electron chi connectivity index (χ4n) is 2.06. The van der Waals surface area contributed by atoms with Gasteiger partial charge >= 0.3 is 0 Å². The van der Waals surface area contributed by atoms with Crippen molar-refractivity contribution in [2.75, 3.05) is 6.61 Å². The van der Waals surface area contributed by atoms with E-state index in [-0.39, 0.29) is 5.78 Å². The lowest BCUT2D eigenvalue weighted by Crippen LogP contribution is -2.19. The van der Waals surface area contributed by atoms with Crippen LogP contribution in [0.5, 0.6) is 5.75 Å². The first-order valence-electron chi connectivity index (χ1n) is 5.97. The van der Waals surface area contributed by atoms with Gasteiger partial charge in [-0.1, -0.05) is 30.3 Å². The first-order valence-corrected chi connectivity index (χ1v) is 7.04. The summed E-state index contributed by atoms with van der Waals surface area (Å²) in [7, 11) is 0. The van der Waals surface area contributed by atoms with Crippen molar-refractivity contribution < 1.29 is 9.53 Å². The Morgan fingerprint density at radius 2 is 1.89 bits per heavy atom. The molecule has 0 bridgehead atoms. The number of ether oxygens (including phenoxy) is 1. The summed E-state index contributed by atoms with van der Waals surface area (Å²) in [5.74, 6) is 0.735. The van der Waals surface area contributed by atoms with E-state index >= 15 is 0 Å². The Morgan fingerprint density at radius 3 is 2.68 bits per heavy atom. The highest BCUT2D eigenvalue weighted by Crippen LogP contribution is 2.29. The van der Waals surface area contributed by atoms with Gasteiger partial charge in [-0.25, -0.2) is 0 Å². The number of carbonyl (C=O) groups is 1. The van der Waals surface area contributed by atoms with Crippen LogP contribution in [0.2, 0.25) is 0 Å². The molecule has 0 aliphatic carbocycles. The molecule has 0 unspecified atom stereocenters. The molecule has 1 aliphatic rings. The van der Waals surface area contributed by atoms with Gasteiger partial charge in [0.25, 0.3) is 0 Å². The molecular weight excluding hydrogens is 351 g/mol. The average molecular weight is 362 g/mol. The molecular formula is C16H11IO2. The first kappa shape index (κ1) is 12.4. The van der Waals surface area contributed by atoms with Crippen molar-refractivity contribution in [1.82, 2.24) is 0 Å². The number of hydrogen-bond donors (Lipinski definition) is 0. The van der Waals surface area contributed by atoms with Gasteiger partial charge in [-0.3, -0.25) is 4.79 Å². The fourth-order valence-corrected chi connectivity index (χ4v) is 2.55. The van der Waals surface area contributed by atoms with Gasteiger partial charge in [0.2, 0.25) is 0 Å². The predicted octanol–water partition coefficient (Wildman–Crippen LogP) is 3.95. The molecule has 94 valence electrons. The Balaban J connectivity index is 2.00. The minimum atomic E-state index is 0.0589. The summed E-state index contributed by atoms with van der Waals surface area (Å²) in [5, 5.41) is 0. The number of benzene rings is 2. The summed E-state index contributed by atoms with van der Waals surface area (Å²) in [5.41, 5.74) is 2.37. The number of fused-ring (bicyclic) bond motifs is 1. The molecule has 2 nitrogen and oxygen atoms in total. The van der Waals surface area contributed by atoms with Crippen LogP contribution in [0.4, 0.5) is 0 Å². The highest BCUT2D eigenvalue weighted by molar-refractivity contribution is 14.1. The Hall–Kier alpha value is -1.62. The molecule has 0 amide bonds. The van der Waals surface area contributed by atoms with Crippen LogP contribution in [0.3, 0.4) is 0 Å². The normalized spacial score (nSPS) is 16.1. The average Bonchev–Trinajstić information content (AvgIpc) is 2.44. The third-order valence-corrected chi connectivity index (χ3v) is 3.67. The molecule has 2 aromatic carbocycles. The van der Waals surface area contributed by atoms with Crippen LogP contribution in [0, 0.1) is 3.57 Å². The Kier molecular flexibility index (Phi) is 3.38. The molecule has 0 spiro atoms. The number of rotatable bonds is 1. The summed E-state index contributed by atoms with van der Waals surface area (Å²) in [6.45, 7) is 0.335. The van der Waals surface area contributed by atoms with Crippen LogP contribution in [0.15, 0.2) is 54.1 Å². The molecule has 0 radical (unpaired) electrons. The van der Waals surface area contributed by atoms with Crippen LogP contribution < -0.4 is 4.74 Å². The lowest BCUT2D eigenvalue weighted by molar-refractivity contribution is 0.100. The van der Waals surface area contributed by atoms with Gasteiger partial charge in [0.05, 0.1) is 5.56 Å². The molecule has 0 saturated heterocycles. The summed E-state index contributed by atoms with van der Waals surface area (Å²) in [4.78, 5) is 12.4. The number of carbonyl (C=O) groups excluding carboxylic acids is 1. The van der Waals surface area contributed by atoms with Crippen molar-refractivity contribution in [3.8, 4) is 5.75 Å². The van der Waals surface area contributed by atoms with Crippen molar-refractivity contribution >= 4 is 34.5 Å². The minimum absolute atomic E-state index is 0.0589. The zero-order valence-electron chi connectivity index (χ0n) is 10.1. The van der Waals surface area contributed by atoms with E-state index in [0.717, 1.165) is 9.13 Å². The zero-order chi connectivity index (χ0) is 13.2. The van der Waals surface area contributed by atoms with E-state index in [4.69, 9.17) is 4.74 Å². The maximum Gasteiger partial charge on any atom is 0.196 e. The highest BCUT2D eigenvalue weighted by Gasteiger charge is 2.23. The van der Waals surface area contributed by atoms with Crippen molar-refractivity contribution in [2.24, 2.45) is 0 Å². The predicted molar refractivity (Wildman–Crippen MR) is 83.4 cm³/mol. The smallest absolute Gasteiger partial charge is 0.196 e. The molecule has 0 saturated carbocycles. The van der Waals surface area contributed by atoms with E-state index in [2.05, 4.69) is 22.6 Å². The minimum Gasteiger partial charge on any atom is -0.488 e. The van der Waals surface area contributed by atoms with Crippen LogP contribution in [0.1, 0.15) is 15.9 Å². The summed E-state index contributed by atoms with van der Waals surface area (Å²) < 4.78 is 6.68. The monoisotopic (exact) mass is 362 g/mol. The summed E-state index contributed by atoms with van der Waals surface area (Å²) in [6, 6.07) is 15.5. The van der Waals surface area contributed by atoms with Gasteiger partial charge in [0.1, 0.15) is 12.4 Å². The Labute approximate surface area is 125 Å². The summed E-state index contributed by atoms with van der Waals surface area (Å²) >= 11 is 2.20. The van der Waals surface area contributed by atoms with E-state index in [1.807, 2.05) is 54.6 Å². The topological polar surface area (TPSA) is 26.3 Å². The van der Waals surface area contributed by atoms with Gasteiger partial charge in [0, 0.05) is 9.14 Å². The van der Waals surface area contributed by atoms with Gasteiger partial charge in [-0.15, -0.1) is 0 Å². The standard InChI is InChI=1S/C16H11IO2/c17-13-6-7-15-14(9-13)16(18)12(10-19-15)8-11-4-2-1-3-5-11/h1-9H,10H2/b12-8+. The first-order chi connectivity index (χ1) is 9.24. The molecule has 0 N–H and O–H groups in total. The maximum atomic E-state index is 12.4. The lowest BCUT2D eigenvalue weighted by atomic mass is 9.98.